The van der Waals surface area contributed by atoms with Gasteiger partial charge in [0.15, 0.2) is 0 Å². The summed E-state index contributed by atoms with van der Waals surface area (Å²) in [6.07, 6.45) is -0.363. The maximum absolute atomic E-state index is 12.9. The van der Waals surface area contributed by atoms with Gasteiger partial charge in [0.1, 0.15) is 17.7 Å². The molecule has 0 bridgehead atoms. The predicted octanol–water partition coefficient (Wildman–Crippen LogP) is 3.67. The van der Waals surface area contributed by atoms with Crippen molar-refractivity contribution in [2.45, 2.75) is 13.0 Å². The topological polar surface area (TPSA) is 52.3 Å². The van der Waals surface area contributed by atoms with Crippen LogP contribution in [0, 0.1) is 9.39 Å². The van der Waals surface area contributed by atoms with E-state index in [0.717, 1.165) is 3.57 Å². The number of ether oxygens (including phenoxy) is 1. The standard InChI is InChI=1S/C15H13FINO2/c1-9(20-12-5-2-10(16)3-6-12)14-8-11(17)4-7-13(14)15(18)19/h2-9H,1H3,(H2,18,19). The van der Waals surface area contributed by atoms with Gasteiger partial charge in [0, 0.05) is 14.7 Å². The zero-order valence-electron chi connectivity index (χ0n) is 10.8. The van der Waals surface area contributed by atoms with E-state index in [1.54, 1.807) is 18.2 Å². The normalized spacial score (nSPS) is 11.9. The van der Waals surface area contributed by atoms with Gasteiger partial charge in [0.25, 0.3) is 0 Å². The Hall–Kier alpha value is -1.63. The fourth-order valence-corrected chi connectivity index (χ4v) is 2.39. The Morgan fingerprint density at radius 1 is 1.25 bits per heavy atom. The number of halogens is 2. The molecule has 2 rings (SSSR count). The Morgan fingerprint density at radius 2 is 1.90 bits per heavy atom. The average Bonchev–Trinajstić information content (AvgIpc) is 2.41. The first-order valence-corrected chi connectivity index (χ1v) is 7.06. The van der Waals surface area contributed by atoms with Crippen LogP contribution >= 0.6 is 22.6 Å². The maximum atomic E-state index is 12.9. The van der Waals surface area contributed by atoms with Gasteiger partial charge in [-0.1, -0.05) is 0 Å². The van der Waals surface area contributed by atoms with Crippen LogP contribution in [-0.4, -0.2) is 5.91 Å². The molecule has 2 aromatic carbocycles. The molecular weight excluding hydrogens is 372 g/mol. The maximum Gasteiger partial charge on any atom is 0.249 e. The molecule has 0 spiro atoms. The molecule has 1 amide bonds. The summed E-state index contributed by atoms with van der Waals surface area (Å²) < 4.78 is 19.6. The molecule has 5 heteroatoms. The van der Waals surface area contributed by atoms with Gasteiger partial charge in [0.05, 0.1) is 0 Å². The van der Waals surface area contributed by atoms with Crippen molar-refractivity contribution < 1.29 is 13.9 Å². The van der Waals surface area contributed by atoms with Crippen molar-refractivity contribution in [1.29, 1.82) is 0 Å². The lowest BCUT2D eigenvalue weighted by Gasteiger charge is -2.17. The molecule has 0 aliphatic rings. The quantitative estimate of drug-likeness (QED) is 0.817. The van der Waals surface area contributed by atoms with Crippen LogP contribution in [0.2, 0.25) is 0 Å². The summed E-state index contributed by atoms with van der Waals surface area (Å²) in [5, 5.41) is 0. The number of hydrogen-bond donors (Lipinski definition) is 1. The van der Waals surface area contributed by atoms with Crippen LogP contribution in [0.4, 0.5) is 4.39 Å². The van der Waals surface area contributed by atoms with Crippen LogP contribution in [0.3, 0.4) is 0 Å². The summed E-state index contributed by atoms with van der Waals surface area (Å²) in [5.41, 5.74) is 6.52. The largest absolute Gasteiger partial charge is 0.486 e. The molecule has 0 fully saturated rings. The Kier molecular flexibility index (Phi) is 4.59. The lowest BCUT2D eigenvalue weighted by atomic mass is 10.0. The summed E-state index contributed by atoms with van der Waals surface area (Å²) in [6.45, 7) is 1.82. The number of hydrogen-bond acceptors (Lipinski definition) is 2. The van der Waals surface area contributed by atoms with Gasteiger partial charge < -0.3 is 10.5 Å². The van der Waals surface area contributed by atoms with Gasteiger partial charge in [0.2, 0.25) is 5.91 Å². The second-order valence-corrected chi connectivity index (χ2v) is 5.56. The first-order valence-electron chi connectivity index (χ1n) is 5.99. The van der Waals surface area contributed by atoms with Gasteiger partial charge in [-0.15, -0.1) is 0 Å². The first-order chi connectivity index (χ1) is 9.47. The SMILES string of the molecule is CC(Oc1ccc(F)cc1)c1cc(I)ccc1C(N)=O. The molecule has 2 aromatic rings. The molecule has 3 nitrogen and oxygen atoms in total. The smallest absolute Gasteiger partial charge is 0.249 e. The van der Waals surface area contributed by atoms with Crippen molar-refractivity contribution in [1.82, 2.24) is 0 Å². The van der Waals surface area contributed by atoms with E-state index in [2.05, 4.69) is 22.6 Å². The summed E-state index contributed by atoms with van der Waals surface area (Å²) in [5.74, 6) is -0.281. The molecular formula is C15H13FINO2. The molecule has 1 unspecified atom stereocenters. The van der Waals surface area contributed by atoms with Crippen molar-refractivity contribution in [2.24, 2.45) is 5.73 Å². The first kappa shape index (κ1) is 14.8. The zero-order chi connectivity index (χ0) is 14.7. The number of benzene rings is 2. The molecule has 104 valence electrons. The fraction of sp³-hybridized carbons (Fsp3) is 0.133. The number of amides is 1. The molecule has 0 saturated carbocycles. The lowest BCUT2D eigenvalue weighted by molar-refractivity contribution is 0.0995. The Balaban J connectivity index is 2.28. The minimum Gasteiger partial charge on any atom is -0.486 e. The van der Waals surface area contributed by atoms with Crippen LogP contribution in [0.5, 0.6) is 5.75 Å². The fourth-order valence-electron chi connectivity index (χ4n) is 1.88. The number of primary amides is 1. The number of rotatable bonds is 4. The second kappa shape index (κ2) is 6.21. The van der Waals surface area contributed by atoms with E-state index in [9.17, 15) is 9.18 Å². The molecule has 1 atom stereocenters. The van der Waals surface area contributed by atoms with Crippen molar-refractivity contribution in [2.75, 3.05) is 0 Å². The Morgan fingerprint density at radius 3 is 2.50 bits per heavy atom. The van der Waals surface area contributed by atoms with E-state index in [1.807, 2.05) is 19.1 Å². The van der Waals surface area contributed by atoms with Crippen LogP contribution < -0.4 is 10.5 Å². The van der Waals surface area contributed by atoms with Crippen molar-refractivity contribution in [3.8, 4) is 5.75 Å². The third-order valence-corrected chi connectivity index (χ3v) is 3.51. The molecule has 0 aliphatic heterocycles. The summed E-state index contributed by atoms with van der Waals surface area (Å²) >= 11 is 2.16. The summed E-state index contributed by atoms with van der Waals surface area (Å²) in [7, 11) is 0. The number of nitrogens with two attached hydrogens (primary N) is 1. The Labute approximate surface area is 130 Å². The van der Waals surface area contributed by atoms with E-state index in [-0.39, 0.29) is 11.9 Å². The third kappa shape index (κ3) is 3.47. The molecule has 20 heavy (non-hydrogen) atoms. The molecule has 0 aliphatic carbocycles. The highest BCUT2D eigenvalue weighted by Crippen LogP contribution is 2.26. The molecule has 0 heterocycles. The van der Waals surface area contributed by atoms with Crippen molar-refractivity contribution >= 4 is 28.5 Å². The van der Waals surface area contributed by atoms with Gasteiger partial charge in [-0.2, -0.15) is 0 Å². The molecule has 0 radical (unpaired) electrons. The summed E-state index contributed by atoms with van der Waals surface area (Å²) in [4.78, 5) is 11.4. The van der Waals surface area contributed by atoms with Crippen LogP contribution in [0.15, 0.2) is 42.5 Å². The van der Waals surface area contributed by atoms with E-state index >= 15 is 0 Å². The predicted molar refractivity (Wildman–Crippen MR) is 83.1 cm³/mol. The lowest BCUT2D eigenvalue weighted by Crippen LogP contribution is -2.17. The van der Waals surface area contributed by atoms with Gasteiger partial charge in [-0.05, 0) is 72.0 Å². The van der Waals surface area contributed by atoms with Gasteiger partial charge in [-0.25, -0.2) is 4.39 Å². The van der Waals surface area contributed by atoms with Crippen LogP contribution in [0.1, 0.15) is 28.9 Å². The van der Waals surface area contributed by atoms with Crippen molar-refractivity contribution in [3.63, 3.8) is 0 Å². The van der Waals surface area contributed by atoms with E-state index in [1.165, 1.54) is 12.1 Å². The van der Waals surface area contributed by atoms with Crippen molar-refractivity contribution in [3.05, 3.63) is 63.0 Å². The second-order valence-electron chi connectivity index (χ2n) is 4.31. The molecule has 2 N–H and O–H groups in total. The monoisotopic (exact) mass is 385 g/mol. The minimum absolute atomic E-state index is 0.322. The van der Waals surface area contributed by atoms with Gasteiger partial charge >= 0.3 is 0 Å². The van der Waals surface area contributed by atoms with Crippen LogP contribution in [-0.2, 0) is 0 Å². The molecule has 0 aromatic heterocycles. The van der Waals surface area contributed by atoms with Crippen LogP contribution in [0.25, 0.3) is 0 Å². The highest BCUT2D eigenvalue weighted by molar-refractivity contribution is 14.1. The minimum atomic E-state index is -0.494. The number of carbonyl (C=O) groups is 1. The average molecular weight is 385 g/mol. The van der Waals surface area contributed by atoms with E-state index < -0.39 is 5.91 Å². The van der Waals surface area contributed by atoms with E-state index in [4.69, 9.17) is 10.5 Å². The third-order valence-electron chi connectivity index (χ3n) is 2.84. The van der Waals surface area contributed by atoms with E-state index in [0.29, 0.717) is 16.9 Å². The molecule has 0 saturated heterocycles. The van der Waals surface area contributed by atoms with Gasteiger partial charge in [-0.3, -0.25) is 4.79 Å². The number of carbonyl (C=O) groups excluding carboxylic acids is 1. The highest BCUT2D eigenvalue weighted by atomic mass is 127. The Bertz CT molecular complexity index is 628. The zero-order valence-corrected chi connectivity index (χ0v) is 12.9. The highest BCUT2D eigenvalue weighted by Gasteiger charge is 2.16. The summed E-state index contributed by atoms with van der Waals surface area (Å²) in [6, 6.07) is 11.1.